The molecule has 0 aliphatic heterocycles. The highest BCUT2D eigenvalue weighted by Crippen LogP contribution is 2.23. The van der Waals surface area contributed by atoms with Crippen molar-refractivity contribution in [1.29, 1.82) is 0 Å². The lowest BCUT2D eigenvalue weighted by Crippen LogP contribution is -2.29. The molecule has 0 bridgehead atoms. The molecule has 7 heteroatoms. The first-order valence-electron chi connectivity index (χ1n) is 5.52. The van der Waals surface area contributed by atoms with Crippen molar-refractivity contribution in [2.75, 3.05) is 0 Å². The van der Waals surface area contributed by atoms with Gasteiger partial charge in [-0.3, -0.25) is 15.5 Å². The first-order chi connectivity index (χ1) is 8.79. The lowest BCUT2D eigenvalue weighted by molar-refractivity contribution is 0.606. The normalized spacial score (nSPS) is 13.0. The summed E-state index contributed by atoms with van der Waals surface area (Å²) in [6.07, 6.45) is 8.90. The number of hydrazine groups is 1. The molecule has 3 aromatic heterocycles. The smallest absolute Gasteiger partial charge is 0.0937 e. The van der Waals surface area contributed by atoms with Crippen LogP contribution in [-0.4, -0.2) is 24.4 Å². The summed E-state index contributed by atoms with van der Waals surface area (Å²) in [5.74, 6) is 5.64. The number of hydrogen-bond donors (Lipinski definition) is 2. The summed E-state index contributed by atoms with van der Waals surface area (Å²) in [6.45, 7) is 0. The number of nitrogens with zero attached hydrogens (tertiary/aromatic N) is 5. The molecule has 0 radical (unpaired) electrons. The fourth-order valence-electron chi connectivity index (χ4n) is 2.00. The zero-order chi connectivity index (χ0) is 12.5. The number of aromatic nitrogens is 5. The number of nitrogens with one attached hydrogen (secondary N) is 1. The largest absolute Gasteiger partial charge is 0.275 e. The van der Waals surface area contributed by atoms with Crippen molar-refractivity contribution < 1.29 is 0 Å². The molecule has 0 aliphatic carbocycles. The molecule has 1 unspecified atom stereocenters. The van der Waals surface area contributed by atoms with E-state index in [-0.39, 0.29) is 6.04 Å². The summed E-state index contributed by atoms with van der Waals surface area (Å²) in [7, 11) is 1.87. The Kier molecular flexibility index (Phi) is 2.54. The van der Waals surface area contributed by atoms with E-state index in [1.54, 1.807) is 34.0 Å². The van der Waals surface area contributed by atoms with Gasteiger partial charge in [-0.15, -0.1) is 0 Å². The van der Waals surface area contributed by atoms with Crippen LogP contribution in [0.25, 0.3) is 5.52 Å². The molecule has 3 N–H and O–H groups in total. The maximum atomic E-state index is 5.64. The lowest BCUT2D eigenvalue weighted by atomic mass is 10.1. The van der Waals surface area contributed by atoms with Gasteiger partial charge in [0.15, 0.2) is 0 Å². The maximum absolute atomic E-state index is 5.64. The molecule has 0 fully saturated rings. The molecule has 3 aromatic rings. The summed E-state index contributed by atoms with van der Waals surface area (Å²) in [4.78, 5) is 4.11. The Bertz CT molecular complexity index is 669. The molecule has 1 atom stereocenters. The molecule has 7 nitrogen and oxygen atoms in total. The highest BCUT2D eigenvalue weighted by atomic mass is 15.3. The van der Waals surface area contributed by atoms with Gasteiger partial charge < -0.3 is 0 Å². The van der Waals surface area contributed by atoms with Crippen LogP contribution >= 0.6 is 0 Å². The molecular formula is C11H13N7. The van der Waals surface area contributed by atoms with Crippen LogP contribution in [-0.2, 0) is 7.05 Å². The van der Waals surface area contributed by atoms with Crippen LogP contribution in [0.4, 0.5) is 0 Å². The summed E-state index contributed by atoms with van der Waals surface area (Å²) in [5.41, 5.74) is 5.47. The van der Waals surface area contributed by atoms with Crippen LogP contribution in [0.3, 0.4) is 0 Å². The highest BCUT2D eigenvalue weighted by molar-refractivity contribution is 5.54. The number of aryl methyl sites for hydroxylation is 1. The van der Waals surface area contributed by atoms with Crippen molar-refractivity contribution in [3.63, 3.8) is 0 Å². The molecule has 0 saturated carbocycles. The molecule has 18 heavy (non-hydrogen) atoms. The Balaban J connectivity index is 2.11. The fraction of sp³-hybridized carbons (Fsp3) is 0.182. The van der Waals surface area contributed by atoms with Crippen molar-refractivity contribution >= 4 is 5.52 Å². The van der Waals surface area contributed by atoms with E-state index in [2.05, 4.69) is 20.6 Å². The van der Waals surface area contributed by atoms with Crippen molar-refractivity contribution in [2.45, 2.75) is 6.04 Å². The van der Waals surface area contributed by atoms with Crippen LogP contribution in [0, 0.1) is 0 Å². The van der Waals surface area contributed by atoms with Crippen molar-refractivity contribution in [2.24, 2.45) is 12.9 Å². The van der Waals surface area contributed by atoms with Gasteiger partial charge in [0.2, 0.25) is 0 Å². The van der Waals surface area contributed by atoms with Crippen molar-refractivity contribution in [1.82, 2.24) is 29.8 Å². The van der Waals surface area contributed by atoms with Gasteiger partial charge >= 0.3 is 0 Å². The molecule has 92 valence electrons. The van der Waals surface area contributed by atoms with E-state index < -0.39 is 0 Å². The second-order valence-electron chi connectivity index (χ2n) is 4.02. The molecular weight excluding hydrogens is 230 g/mol. The molecule has 0 saturated heterocycles. The third-order valence-corrected chi connectivity index (χ3v) is 2.86. The number of nitrogens with two attached hydrogens (primary N) is 1. The predicted octanol–water partition coefficient (Wildman–Crippen LogP) is 0.0155. The van der Waals surface area contributed by atoms with Gasteiger partial charge in [-0.2, -0.15) is 10.2 Å². The number of fused-ring (bicyclic) bond motifs is 1. The third kappa shape index (κ3) is 1.66. The minimum absolute atomic E-state index is 0.201. The number of hydrogen-bond acceptors (Lipinski definition) is 5. The Hall–Kier alpha value is -2.25. The van der Waals surface area contributed by atoms with Gasteiger partial charge in [0.25, 0.3) is 0 Å². The second-order valence-corrected chi connectivity index (χ2v) is 4.02. The van der Waals surface area contributed by atoms with E-state index in [1.165, 1.54) is 0 Å². The number of rotatable bonds is 3. The Morgan fingerprint density at radius 3 is 2.94 bits per heavy atom. The van der Waals surface area contributed by atoms with Gasteiger partial charge in [-0.25, -0.2) is 9.94 Å². The monoisotopic (exact) mass is 243 g/mol. The average molecular weight is 243 g/mol. The molecule has 0 spiro atoms. The minimum atomic E-state index is -0.201. The van der Waals surface area contributed by atoms with Crippen LogP contribution in [0.5, 0.6) is 0 Å². The maximum Gasteiger partial charge on any atom is 0.0937 e. The molecule has 0 aliphatic rings. The van der Waals surface area contributed by atoms with E-state index in [9.17, 15) is 0 Å². The van der Waals surface area contributed by atoms with Crippen LogP contribution in [0.2, 0.25) is 0 Å². The van der Waals surface area contributed by atoms with Gasteiger partial charge in [-0.05, 0) is 6.07 Å². The van der Waals surface area contributed by atoms with Gasteiger partial charge in [0.1, 0.15) is 0 Å². The first-order valence-corrected chi connectivity index (χ1v) is 5.52. The van der Waals surface area contributed by atoms with E-state index in [0.717, 1.165) is 16.8 Å². The third-order valence-electron chi connectivity index (χ3n) is 2.86. The Morgan fingerprint density at radius 2 is 2.22 bits per heavy atom. The van der Waals surface area contributed by atoms with E-state index in [4.69, 9.17) is 5.84 Å². The molecule has 3 heterocycles. The molecule has 3 rings (SSSR count). The lowest BCUT2D eigenvalue weighted by Gasteiger charge is -2.11. The fourth-order valence-corrected chi connectivity index (χ4v) is 2.00. The first kappa shape index (κ1) is 10.9. The van der Waals surface area contributed by atoms with E-state index >= 15 is 0 Å². The van der Waals surface area contributed by atoms with Crippen molar-refractivity contribution in [3.05, 3.63) is 48.3 Å². The summed E-state index contributed by atoms with van der Waals surface area (Å²) < 4.78 is 3.50. The SMILES string of the molecule is Cn1ccc(C(NN)c2cnn3ccncc23)n1. The zero-order valence-electron chi connectivity index (χ0n) is 9.85. The summed E-state index contributed by atoms with van der Waals surface area (Å²) >= 11 is 0. The van der Waals surface area contributed by atoms with Gasteiger partial charge in [-0.1, -0.05) is 0 Å². The predicted molar refractivity (Wildman–Crippen MR) is 65.4 cm³/mol. The highest BCUT2D eigenvalue weighted by Gasteiger charge is 2.19. The summed E-state index contributed by atoms with van der Waals surface area (Å²) in [6, 6.07) is 1.72. The molecule has 0 amide bonds. The average Bonchev–Trinajstić information content (AvgIpc) is 2.98. The van der Waals surface area contributed by atoms with Crippen LogP contribution < -0.4 is 11.3 Å². The van der Waals surface area contributed by atoms with Crippen LogP contribution in [0.15, 0.2) is 37.1 Å². The van der Waals surface area contributed by atoms with Crippen LogP contribution in [0.1, 0.15) is 17.3 Å². The zero-order valence-corrected chi connectivity index (χ0v) is 9.85. The summed E-state index contributed by atoms with van der Waals surface area (Å²) in [5, 5.41) is 8.63. The minimum Gasteiger partial charge on any atom is -0.275 e. The van der Waals surface area contributed by atoms with E-state index in [0.29, 0.717) is 0 Å². The van der Waals surface area contributed by atoms with Gasteiger partial charge in [0.05, 0.1) is 29.6 Å². The Labute approximate surface area is 103 Å². The van der Waals surface area contributed by atoms with Crippen molar-refractivity contribution in [3.8, 4) is 0 Å². The standard InChI is InChI=1S/C11H13N7/c1-17-4-2-9(16-17)11(15-12)8-6-14-18-5-3-13-7-10(8)18/h2-7,11,15H,12H2,1H3. The Morgan fingerprint density at radius 1 is 1.33 bits per heavy atom. The second kappa shape index (κ2) is 4.21. The van der Waals surface area contributed by atoms with E-state index in [1.807, 2.05) is 19.3 Å². The topological polar surface area (TPSA) is 86.1 Å². The quantitative estimate of drug-likeness (QED) is 0.500. The molecule has 0 aromatic carbocycles. The van der Waals surface area contributed by atoms with Gasteiger partial charge in [0, 0.05) is 31.2 Å².